The van der Waals surface area contributed by atoms with E-state index in [1.165, 1.54) is 4.31 Å². The third-order valence-electron chi connectivity index (χ3n) is 3.90. The number of hydrogen-bond acceptors (Lipinski definition) is 4. The van der Waals surface area contributed by atoms with Crippen molar-refractivity contribution in [2.75, 3.05) is 30.7 Å². The highest BCUT2D eigenvalue weighted by atomic mass is 32.2. The van der Waals surface area contributed by atoms with Crippen LogP contribution in [-0.4, -0.2) is 56.3 Å². The van der Waals surface area contributed by atoms with E-state index in [4.69, 9.17) is 4.74 Å². The number of hydrogen-bond donors (Lipinski definition) is 2. The number of morpholine rings is 1. The van der Waals surface area contributed by atoms with Crippen molar-refractivity contribution >= 4 is 21.7 Å². The third-order valence-corrected chi connectivity index (χ3v) is 5.71. The fourth-order valence-corrected chi connectivity index (χ4v) is 4.49. The van der Waals surface area contributed by atoms with Gasteiger partial charge in [0, 0.05) is 25.3 Å². The molecule has 7 nitrogen and oxygen atoms in total. The molecule has 0 radical (unpaired) electrons. The molecule has 8 heteroatoms. The molecule has 2 unspecified atom stereocenters. The highest BCUT2D eigenvalue weighted by Gasteiger charge is 2.30. The first-order chi connectivity index (χ1) is 11.7. The number of carbonyl (C=O) groups excluding carboxylic acids is 1. The first kappa shape index (κ1) is 19.7. The molecule has 2 rings (SSSR count). The van der Waals surface area contributed by atoms with E-state index in [2.05, 4.69) is 10.6 Å². The monoisotopic (exact) mass is 369 g/mol. The van der Waals surface area contributed by atoms with Gasteiger partial charge in [-0.25, -0.2) is 13.2 Å². The molecule has 0 aromatic heterocycles. The lowest BCUT2D eigenvalue weighted by Crippen LogP contribution is -2.49. The maximum absolute atomic E-state index is 12.4. The Balaban J connectivity index is 1.83. The summed E-state index contributed by atoms with van der Waals surface area (Å²) in [6, 6.07) is 5.32. The number of nitrogens with one attached hydrogen (secondary N) is 2. The number of anilines is 1. The Bertz CT molecular complexity index is 690. The van der Waals surface area contributed by atoms with E-state index in [1.807, 2.05) is 45.9 Å². The number of urea groups is 1. The average molecular weight is 369 g/mol. The van der Waals surface area contributed by atoms with Gasteiger partial charge in [-0.15, -0.1) is 0 Å². The van der Waals surface area contributed by atoms with Crippen LogP contribution in [0.1, 0.15) is 25.0 Å². The van der Waals surface area contributed by atoms with Crippen molar-refractivity contribution in [3.63, 3.8) is 0 Å². The molecular weight excluding hydrogens is 342 g/mol. The molecule has 1 fully saturated rings. The van der Waals surface area contributed by atoms with E-state index in [-0.39, 0.29) is 24.5 Å². The number of carbonyl (C=O) groups is 1. The van der Waals surface area contributed by atoms with E-state index in [0.717, 1.165) is 11.1 Å². The van der Waals surface area contributed by atoms with Crippen LogP contribution in [0.25, 0.3) is 0 Å². The Morgan fingerprint density at radius 2 is 1.72 bits per heavy atom. The molecule has 1 aromatic carbocycles. The van der Waals surface area contributed by atoms with Crippen molar-refractivity contribution < 1.29 is 17.9 Å². The first-order valence-electron chi connectivity index (χ1n) is 8.42. The molecule has 0 bridgehead atoms. The Morgan fingerprint density at radius 3 is 2.28 bits per heavy atom. The molecule has 1 heterocycles. The molecule has 0 saturated carbocycles. The van der Waals surface area contributed by atoms with Gasteiger partial charge in [-0.05, 0) is 51.0 Å². The molecule has 1 aliphatic rings. The van der Waals surface area contributed by atoms with Gasteiger partial charge in [0.25, 0.3) is 0 Å². The maximum Gasteiger partial charge on any atom is 0.319 e. The van der Waals surface area contributed by atoms with Crippen LogP contribution in [0.15, 0.2) is 18.2 Å². The van der Waals surface area contributed by atoms with Gasteiger partial charge in [0.2, 0.25) is 10.0 Å². The highest BCUT2D eigenvalue weighted by molar-refractivity contribution is 7.89. The third kappa shape index (κ3) is 5.98. The Kier molecular flexibility index (Phi) is 6.42. The lowest BCUT2D eigenvalue weighted by atomic mass is 10.1. The smallest absolute Gasteiger partial charge is 0.319 e. The van der Waals surface area contributed by atoms with Crippen molar-refractivity contribution in [2.24, 2.45) is 0 Å². The van der Waals surface area contributed by atoms with Crippen molar-refractivity contribution in [3.8, 4) is 0 Å². The molecule has 1 aliphatic heterocycles. The van der Waals surface area contributed by atoms with Crippen LogP contribution in [0.4, 0.5) is 10.5 Å². The number of benzene rings is 1. The normalized spacial score (nSPS) is 21.8. The van der Waals surface area contributed by atoms with Gasteiger partial charge in [0.05, 0.1) is 18.0 Å². The SMILES string of the molecule is Cc1cc(C)cc(NC(=O)NCCS(=O)(=O)N2CC(C)OC(C)C2)c1. The predicted octanol–water partition coefficient (Wildman–Crippen LogP) is 1.86. The van der Waals surface area contributed by atoms with Crippen LogP contribution in [0.5, 0.6) is 0 Å². The quantitative estimate of drug-likeness (QED) is 0.829. The number of rotatable bonds is 5. The molecule has 1 saturated heterocycles. The first-order valence-corrected chi connectivity index (χ1v) is 10.0. The number of amides is 2. The summed E-state index contributed by atoms with van der Waals surface area (Å²) in [6.07, 6.45) is -0.251. The molecule has 25 heavy (non-hydrogen) atoms. The van der Waals surface area contributed by atoms with Gasteiger partial charge in [-0.1, -0.05) is 6.07 Å². The van der Waals surface area contributed by atoms with Crippen LogP contribution in [0, 0.1) is 13.8 Å². The summed E-state index contributed by atoms with van der Waals surface area (Å²) in [5.74, 6) is -0.132. The largest absolute Gasteiger partial charge is 0.373 e. The van der Waals surface area contributed by atoms with Crippen molar-refractivity contribution in [2.45, 2.75) is 39.9 Å². The van der Waals surface area contributed by atoms with Crippen LogP contribution in [0.3, 0.4) is 0 Å². The van der Waals surface area contributed by atoms with Crippen LogP contribution < -0.4 is 10.6 Å². The zero-order valence-electron chi connectivity index (χ0n) is 15.2. The second-order valence-corrected chi connectivity index (χ2v) is 8.74. The van der Waals surface area contributed by atoms with Gasteiger partial charge in [-0.3, -0.25) is 0 Å². The highest BCUT2D eigenvalue weighted by Crippen LogP contribution is 2.15. The summed E-state index contributed by atoms with van der Waals surface area (Å²) in [7, 11) is -3.42. The lowest BCUT2D eigenvalue weighted by molar-refractivity contribution is -0.0440. The minimum absolute atomic E-state index is 0.0546. The molecule has 0 spiro atoms. The Hall–Kier alpha value is -1.64. The van der Waals surface area contributed by atoms with Crippen molar-refractivity contribution in [3.05, 3.63) is 29.3 Å². The summed E-state index contributed by atoms with van der Waals surface area (Å²) in [6.45, 7) is 8.36. The van der Waals surface area contributed by atoms with Gasteiger partial charge in [0.15, 0.2) is 0 Å². The van der Waals surface area contributed by atoms with Gasteiger partial charge < -0.3 is 15.4 Å². The number of ether oxygens (including phenoxy) is 1. The van der Waals surface area contributed by atoms with Crippen LogP contribution in [-0.2, 0) is 14.8 Å². The predicted molar refractivity (Wildman–Crippen MR) is 98.3 cm³/mol. The summed E-state index contributed by atoms with van der Waals surface area (Å²) in [5.41, 5.74) is 2.79. The van der Waals surface area contributed by atoms with E-state index in [9.17, 15) is 13.2 Å². The minimum Gasteiger partial charge on any atom is -0.373 e. The summed E-state index contributed by atoms with van der Waals surface area (Å²) in [4.78, 5) is 12.0. The van der Waals surface area contributed by atoms with Crippen molar-refractivity contribution in [1.29, 1.82) is 0 Å². The minimum atomic E-state index is -3.42. The van der Waals surface area contributed by atoms with Gasteiger partial charge in [0.1, 0.15) is 0 Å². The van der Waals surface area contributed by atoms with E-state index in [1.54, 1.807) is 0 Å². The van der Waals surface area contributed by atoms with Crippen LogP contribution >= 0.6 is 0 Å². The van der Waals surface area contributed by atoms with Gasteiger partial charge >= 0.3 is 6.03 Å². The summed E-state index contributed by atoms with van der Waals surface area (Å²) < 4.78 is 31.8. The number of aryl methyl sites for hydroxylation is 2. The molecule has 2 amide bonds. The second kappa shape index (κ2) is 8.16. The fraction of sp³-hybridized carbons (Fsp3) is 0.588. The second-order valence-electron chi connectivity index (χ2n) is 6.65. The molecule has 2 N–H and O–H groups in total. The van der Waals surface area contributed by atoms with E-state index < -0.39 is 16.1 Å². The molecule has 0 aliphatic carbocycles. The molecule has 2 atom stereocenters. The van der Waals surface area contributed by atoms with E-state index >= 15 is 0 Å². The number of nitrogens with zero attached hydrogens (tertiary/aromatic N) is 1. The topological polar surface area (TPSA) is 87.7 Å². The molecule has 1 aromatic rings. The Morgan fingerprint density at radius 1 is 1.16 bits per heavy atom. The zero-order valence-corrected chi connectivity index (χ0v) is 16.0. The van der Waals surface area contributed by atoms with E-state index in [0.29, 0.717) is 18.8 Å². The molecule has 140 valence electrons. The Labute approximate surface area is 149 Å². The average Bonchev–Trinajstić information content (AvgIpc) is 2.44. The fourth-order valence-electron chi connectivity index (χ4n) is 3.00. The van der Waals surface area contributed by atoms with Gasteiger partial charge in [-0.2, -0.15) is 4.31 Å². The summed E-state index contributed by atoms with van der Waals surface area (Å²) >= 11 is 0. The van der Waals surface area contributed by atoms with Crippen LogP contribution in [0.2, 0.25) is 0 Å². The standard InChI is InChI=1S/C17H27N3O4S/c1-12-7-13(2)9-16(8-12)19-17(21)18-5-6-25(22,23)20-10-14(3)24-15(4)11-20/h7-9,14-15H,5-6,10-11H2,1-4H3,(H2,18,19,21). The zero-order chi connectivity index (χ0) is 18.6. The maximum atomic E-state index is 12.4. The number of sulfonamides is 1. The lowest BCUT2D eigenvalue weighted by Gasteiger charge is -2.34. The molecular formula is C17H27N3O4S. The van der Waals surface area contributed by atoms with Crippen molar-refractivity contribution in [1.82, 2.24) is 9.62 Å². The summed E-state index contributed by atoms with van der Waals surface area (Å²) in [5, 5.41) is 5.33.